The minimum atomic E-state index is -4.22. The summed E-state index contributed by atoms with van der Waals surface area (Å²) in [6.45, 7) is 2.26. The van der Waals surface area contributed by atoms with Gasteiger partial charge in [0.2, 0.25) is 5.88 Å². The van der Waals surface area contributed by atoms with Gasteiger partial charge in [0.25, 0.3) is 5.56 Å². The van der Waals surface area contributed by atoms with Gasteiger partial charge in [-0.2, -0.15) is 13.2 Å². The summed E-state index contributed by atoms with van der Waals surface area (Å²) in [5, 5.41) is 0. The van der Waals surface area contributed by atoms with Crippen LogP contribution in [0.1, 0.15) is 85.8 Å². The third-order valence-electron chi connectivity index (χ3n) is 8.93. The molecule has 2 unspecified atom stereocenters. The lowest BCUT2D eigenvalue weighted by Gasteiger charge is -2.70. The summed E-state index contributed by atoms with van der Waals surface area (Å²) in [6.07, 6.45) is 0.826. The van der Waals surface area contributed by atoms with Crippen molar-refractivity contribution in [3.63, 3.8) is 0 Å². The van der Waals surface area contributed by atoms with E-state index in [1.165, 1.54) is 7.11 Å². The normalized spacial score (nSPS) is 30.6. The van der Waals surface area contributed by atoms with Crippen molar-refractivity contribution < 1.29 is 22.6 Å². The average molecular weight is 528 g/mol. The van der Waals surface area contributed by atoms with Crippen LogP contribution in [0.2, 0.25) is 0 Å². The Morgan fingerprint density at radius 2 is 1.84 bits per heavy atom. The standard InChI is InChI=1S/C27H28F3N5O3/c1-14-24(37-2)32-20-21(25-11-26(12-25,13-25)27(28,29)30)33-22(34-23(20)31-14)15-7-8-38-18(9-15)16-3-6-19(36)35(10-16)17-4-5-17/h3,6,10,15,17-18H,4-5,7-9,11-13H2,1-2H3. The first-order chi connectivity index (χ1) is 18.1. The van der Waals surface area contributed by atoms with Gasteiger partial charge in [0.05, 0.1) is 24.3 Å². The van der Waals surface area contributed by atoms with Crippen LogP contribution >= 0.6 is 0 Å². The molecule has 11 heteroatoms. The molecule has 3 aromatic heterocycles. The third kappa shape index (κ3) is 3.50. The topological polar surface area (TPSA) is 92.0 Å². The van der Waals surface area contributed by atoms with Crippen molar-refractivity contribution >= 4 is 11.2 Å². The van der Waals surface area contributed by atoms with Crippen molar-refractivity contribution in [3.8, 4) is 5.88 Å². The van der Waals surface area contributed by atoms with E-state index in [1.54, 1.807) is 17.6 Å². The molecule has 4 saturated carbocycles. The molecule has 3 aromatic rings. The molecule has 5 fully saturated rings. The summed E-state index contributed by atoms with van der Waals surface area (Å²) in [5.41, 5.74) is 0.587. The van der Waals surface area contributed by atoms with Crippen LogP contribution in [0, 0.1) is 12.3 Å². The number of fused-ring (bicyclic) bond motifs is 1. The van der Waals surface area contributed by atoms with Gasteiger partial charge in [-0.3, -0.25) is 4.79 Å². The zero-order chi connectivity index (χ0) is 26.4. The molecule has 1 saturated heterocycles. The molecule has 0 amide bonds. The maximum atomic E-state index is 13.7. The minimum Gasteiger partial charge on any atom is -0.480 e. The number of pyridine rings is 1. The fraction of sp³-hybridized carbons (Fsp3) is 0.593. The van der Waals surface area contributed by atoms with E-state index >= 15 is 0 Å². The molecule has 8 rings (SSSR count). The van der Waals surface area contributed by atoms with Crippen molar-refractivity contribution in [2.24, 2.45) is 5.41 Å². The number of hydrogen-bond donors (Lipinski definition) is 0. The van der Waals surface area contributed by atoms with Crippen LogP contribution in [-0.2, 0) is 10.2 Å². The average Bonchev–Trinajstić information content (AvgIpc) is 3.66. The van der Waals surface area contributed by atoms with Crippen LogP contribution in [0.4, 0.5) is 13.2 Å². The molecular formula is C27H28F3N5O3. The highest BCUT2D eigenvalue weighted by molar-refractivity contribution is 5.76. The van der Waals surface area contributed by atoms with E-state index in [1.807, 2.05) is 12.3 Å². The van der Waals surface area contributed by atoms with Gasteiger partial charge < -0.3 is 14.0 Å². The van der Waals surface area contributed by atoms with E-state index in [0.29, 0.717) is 53.7 Å². The number of ether oxygens (including phenoxy) is 2. The largest absolute Gasteiger partial charge is 0.480 e. The fourth-order valence-electron chi connectivity index (χ4n) is 6.73. The second-order valence-corrected chi connectivity index (χ2v) is 11.5. The SMILES string of the molecule is COc1nc2c(C34CC(C(F)(F)F)(C3)C4)nc(C3CCOC(c4ccc(=O)n(C5CC5)c4)C3)nc2nc1C. The van der Waals surface area contributed by atoms with Crippen molar-refractivity contribution in [1.82, 2.24) is 24.5 Å². The molecule has 4 aliphatic carbocycles. The van der Waals surface area contributed by atoms with Gasteiger partial charge in [-0.05, 0) is 63.5 Å². The maximum Gasteiger partial charge on any atom is 0.394 e. The van der Waals surface area contributed by atoms with Gasteiger partial charge >= 0.3 is 6.18 Å². The Kier molecular flexibility index (Phi) is 5.03. The second kappa shape index (κ2) is 7.97. The van der Waals surface area contributed by atoms with E-state index in [-0.39, 0.29) is 42.9 Å². The lowest BCUT2D eigenvalue weighted by Crippen LogP contribution is -2.70. The van der Waals surface area contributed by atoms with Crippen LogP contribution in [-0.4, -0.2) is 44.4 Å². The van der Waals surface area contributed by atoms with E-state index < -0.39 is 17.0 Å². The Hall–Kier alpha value is -3.08. The summed E-state index contributed by atoms with van der Waals surface area (Å²) in [6, 6.07) is 3.68. The Labute approximate surface area is 216 Å². The highest BCUT2D eigenvalue weighted by atomic mass is 19.4. The molecule has 0 N–H and O–H groups in total. The fourth-order valence-corrected chi connectivity index (χ4v) is 6.73. The van der Waals surface area contributed by atoms with Crippen LogP contribution < -0.4 is 10.3 Å². The molecule has 0 radical (unpaired) electrons. The quantitative estimate of drug-likeness (QED) is 0.468. The first kappa shape index (κ1) is 24.0. The van der Waals surface area contributed by atoms with E-state index in [2.05, 4.69) is 9.97 Å². The van der Waals surface area contributed by atoms with Crippen LogP contribution in [0.5, 0.6) is 5.88 Å². The molecule has 38 heavy (non-hydrogen) atoms. The number of rotatable bonds is 5. The highest BCUT2D eigenvalue weighted by Crippen LogP contribution is 2.78. The van der Waals surface area contributed by atoms with Crippen molar-refractivity contribution in [2.75, 3.05) is 13.7 Å². The number of nitrogens with zero attached hydrogens (tertiary/aromatic N) is 5. The number of methoxy groups -OCH3 is 1. The van der Waals surface area contributed by atoms with E-state index in [9.17, 15) is 18.0 Å². The molecule has 8 nitrogen and oxygen atoms in total. The smallest absolute Gasteiger partial charge is 0.394 e. The Balaban J connectivity index is 1.25. The van der Waals surface area contributed by atoms with Crippen molar-refractivity contribution in [3.05, 3.63) is 51.5 Å². The first-order valence-electron chi connectivity index (χ1n) is 13.1. The highest BCUT2D eigenvalue weighted by Gasteiger charge is 2.79. The Bertz CT molecular complexity index is 1500. The Morgan fingerprint density at radius 3 is 2.53 bits per heavy atom. The van der Waals surface area contributed by atoms with Gasteiger partial charge in [-0.1, -0.05) is 0 Å². The number of aromatic nitrogens is 5. The number of hydrogen-bond acceptors (Lipinski definition) is 7. The second-order valence-electron chi connectivity index (χ2n) is 11.5. The summed E-state index contributed by atoms with van der Waals surface area (Å²) in [4.78, 5) is 31.2. The summed E-state index contributed by atoms with van der Waals surface area (Å²) < 4.78 is 54.2. The molecular weight excluding hydrogens is 499 g/mol. The monoisotopic (exact) mass is 527 g/mol. The van der Waals surface area contributed by atoms with Gasteiger partial charge in [-0.15, -0.1) is 0 Å². The van der Waals surface area contributed by atoms with E-state index in [0.717, 1.165) is 18.4 Å². The van der Waals surface area contributed by atoms with Gasteiger partial charge in [0, 0.05) is 36.2 Å². The third-order valence-corrected chi connectivity index (χ3v) is 8.93. The van der Waals surface area contributed by atoms with Gasteiger partial charge in [0.1, 0.15) is 17.0 Å². The van der Waals surface area contributed by atoms with Crippen LogP contribution in [0.15, 0.2) is 23.1 Å². The molecule has 2 bridgehead atoms. The number of alkyl halides is 3. The molecule has 5 aliphatic rings. The predicted octanol–water partition coefficient (Wildman–Crippen LogP) is 4.85. The molecule has 2 atom stereocenters. The van der Waals surface area contributed by atoms with E-state index in [4.69, 9.17) is 19.4 Å². The zero-order valence-electron chi connectivity index (χ0n) is 21.2. The van der Waals surface area contributed by atoms with Crippen molar-refractivity contribution in [1.29, 1.82) is 0 Å². The number of aryl methyl sites for hydroxylation is 1. The lowest BCUT2D eigenvalue weighted by molar-refractivity contribution is -0.337. The molecule has 4 heterocycles. The molecule has 0 aromatic carbocycles. The molecule has 200 valence electrons. The summed E-state index contributed by atoms with van der Waals surface area (Å²) >= 11 is 0. The number of halogens is 3. The van der Waals surface area contributed by atoms with Crippen molar-refractivity contribution in [2.45, 2.75) is 81.5 Å². The first-order valence-corrected chi connectivity index (χ1v) is 13.1. The van der Waals surface area contributed by atoms with Crippen LogP contribution in [0.3, 0.4) is 0 Å². The Morgan fingerprint density at radius 1 is 1.08 bits per heavy atom. The minimum absolute atomic E-state index is 0.00864. The van der Waals surface area contributed by atoms with Gasteiger partial charge in [-0.25, -0.2) is 19.9 Å². The predicted molar refractivity (Wildman–Crippen MR) is 130 cm³/mol. The summed E-state index contributed by atoms with van der Waals surface area (Å²) in [5.74, 6) is 0.830. The van der Waals surface area contributed by atoms with Crippen LogP contribution in [0.25, 0.3) is 11.2 Å². The summed E-state index contributed by atoms with van der Waals surface area (Å²) in [7, 11) is 1.49. The maximum absolute atomic E-state index is 13.7. The molecule has 1 aliphatic heterocycles. The van der Waals surface area contributed by atoms with Gasteiger partial charge in [0.15, 0.2) is 5.65 Å². The lowest BCUT2D eigenvalue weighted by atomic mass is 9.34. The zero-order valence-corrected chi connectivity index (χ0v) is 21.2. The molecule has 0 spiro atoms.